The summed E-state index contributed by atoms with van der Waals surface area (Å²) in [7, 11) is 0. The third-order valence-corrected chi connectivity index (χ3v) is 4.92. The molecule has 0 unspecified atom stereocenters. The molecule has 0 radical (unpaired) electrons. The number of alkyl halides is 4. The average Bonchev–Trinajstić information content (AvgIpc) is 2.97. The Kier molecular flexibility index (Phi) is 1.95. The van der Waals surface area contributed by atoms with Crippen molar-refractivity contribution in [3.8, 4) is 0 Å². The number of pyridine rings is 1. The number of imidazole rings is 1. The number of aryl methyl sites for hydroxylation is 2. The highest BCUT2D eigenvalue weighted by Crippen LogP contribution is 2.56. The minimum absolute atomic E-state index is 0.0226. The van der Waals surface area contributed by atoms with Gasteiger partial charge in [-0.3, -0.25) is 4.40 Å². The quantitative estimate of drug-likeness (QED) is 0.305. The summed E-state index contributed by atoms with van der Waals surface area (Å²) in [6, 6.07) is 8.32. The number of halogens is 4. The van der Waals surface area contributed by atoms with Crippen LogP contribution in [0.1, 0.15) is 26.6 Å². The number of rotatable bonds is 0. The standard InChI is InChI=1S/C19H12F4N2/c1-9-7-8-13-15-14(9)11-5-3-4-6-12(11)17-24-10(2)16(25(15)17)19(22,23)18(13,20)21/h3-8H,1-2H3/i1D3. The topological polar surface area (TPSA) is 17.3 Å². The second-order valence-electron chi connectivity index (χ2n) is 6.28. The van der Waals surface area contributed by atoms with Crippen molar-refractivity contribution < 1.29 is 21.7 Å². The minimum Gasteiger partial charge on any atom is -0.289 e. The lowest BCUT2D eigenvalue weighted by Crippen LogP contribution is -2.40. The van der Waals surface area contributed by atoms with E-state index in [2.05, 4.69) is 4.98 Å². The van der Waals surface area contributed by atoms with Crippen LogP contribution in [0.3, 0.4) is 0 Å². The molecule has 0 amide bonds. The first-order valence-electron chi connectivity index (χ1n) is 9.11. The van der Waals surface area contributed by atoms with Gasteiger partial charge in [0.05, 0.1) is 16.8 Å². The molecule has 0 bridgehead atoms. The third kappa shape index (κ3) is 1.45. The van der Waals surface area contributed by atoms with E-state index < -0.39 is 30.0 Å². The van der Waals surface area contributed by atoms with E-state index in [1.807, 2.05) is 0 Å². The summed E-state index contributed by atoms with van der Waals surface area (Å²) >= 11 is 0. The molecule has 0 fully saturated rings. The Hall–Kier alpha value is -2.63. The van der Waals surface area contributed by atoms with Crippen LogP contribution < -0.4 is 0 Å². The van der Waals surface area contributed by atoms with E-state index in [1.165, 1.54) is 6.92 Å². The first kappa shape index (κ1) is 11.8. The normalized spacial score (nSPS) is 20.1. The molecule has 2 nitrogen and oxygen atoms in total. The molecule has 0 aliphatic carbocycles. The SMILES string of the molecule is [2H]C([2H])([2H])c1ccc2c3c1c1ccccc1c1nc(C)c(n13)C(F)(F)C2(F)F. The number of aromatic nitrogens is 2. The molecular weight excluding hydrogens is 332 g/mol. The van der Waals surface area contributed by atoms with Gasteiger partial charge in [0.25, 0.3) is 0 Å². The molecule has 1 aliphatic rings. The fourth-order valence-electron chi connectivity index (χ4n) is 3.86. The average molecular weight is 347 g/mol. The minimum atomic E-state index is -4.51. The molecule has 25 heavy (non-hydrogen) atoms. The van der Waals surface area contributed by atoms with Crippen molar-refractivity contribution in [2.75, 3.05) is 0 Å². The summed E-state index contributed by atoms with van der Waals surface area (Å²) in [4.78, 5) is 4.16. The van der Waals surface area contributed by atoms with Gasteiger partial charge in [-0.05, 0) is 24.7 Å². The molecule has 1 aliphatic heterocycles. The molecule has 0 saturated carbocycles. The molecule has 0 saturated heterocycles. The van der Waals surface area contributed by atoms with E-state index in [-0.39, 0.29) is 27.8 Å². The second-order valence-corrected chi connectivity index (χ2v) is 6.28. The van der Waals surface area contributed by atoms with Crippen LogP contribution in [0.2, 0.25) is 0 Å². The highest BCUT2D eigenvalue weighted by atomic mass is 19.3. The highest BCUT2D eigenvalue weighted by molar-refractivity contribution is 6.14. The van der Waals surface area contributed by atoms with Crippen molar-refractivity contribution in [3.63, 3.8) is 0 Å². The molecule has 6 heteroatoms. The van der Waals surface area contributed by atoms with Gasteiger partial charge in [0, 0.05) is 14.9 Å². The van der Waals surface area contributed by atoms with Gasteiger partial charge in [0.2, 0.25) is 0 Å². The zero-order chi connectivity index (χ0) is 20.2. The number of fused-ring (bicyclic) bond motifs is 3. The Balaban J connectivity index is 2.23. The zero-order valence-corrected chi connectivity index (χ0v) is 12.9. The van der Waals surface area contributed by atoms with Crippen LogP contribution in [0.25, 0.3) is 27.3 Å². The van der Waals surface area contributed by atoms with Crippen molar-refractivity contribution in [3.05, 3.63) is 58.9 Å². The smallest absolute Gasteiger partial charge is 0.289 e. The summed E-state index contributed by atoms with van der Waals surface area (Å²) < 4.78 is 84.1. The molecule has 3 heterocycles. The van der Waals surface area contributed by atoms with Crippen LogP contribution >= 0.6 is 0 Å². The summed E-state index contributed by atoms with van der Waals surface area (Å²) in [6.07, 6.45) is 0. The van der Waals surface area contributed by atoms with Crippen molar-refractivity contribution in [2.24, 2.45) is 0 Å². The lowest BCUT2D eigenvalue weighted by molar-refractivity contribution is -0.228. The highest BCUT2D eigenvalue weighted by Gasteiger charge is 2.64. The number of hydrogen-bond acceptors (Lipinski definition) is 1. The number of nitrogens with zero attached hydrogens (tertiary/aromatic N) is 2. The van der Waals surface area contributed by atoms with Crippen LogP contribution in [-0.4, -0.2) is 9.38 Å². The molecule has 5 rings (SSSR count). The van der Waals surface area contributed by atoms with Crippen molar-refractivity contribution in [1.29, 1.82) is 0 Å². The fraction of sp³-hybridized carbons (Fsp3) is 0.211. The Bertz CT molecular complexity index is 1320. The van der Waals surface area contributed by atoms with Gasteiger partial charge in [0.15, 0.2) is 0 Å². The van der Waals surface area contributed by atoms with E-state index >= 15 is 0 Å². The van der Waals surface area contributed by atoms with Gasteiger partial charge >= 0.3 is 11.8 Å². The van der Waals surface area contributed by atoms with E-state index in [4.69, 9.17) is 4.11 Å². The molecule has 126 valence electrons. The summed E-state index contributed by atoms with van der Waals surface area (Å²) in [6.45, 7) is -1.36. The largest absolute Gasteiger partial charge is 0.356 e. The first-order chi connectivity index (χ1) is 13.0. The Morgan fingerprint density at radius 3 is 2.44 bits per heavy atom. The fourth-order valence-corrected chi connectivity index (χ4v) is 3.86. The van der Waals surface area contributed by atoms with Gasteiger partial charge in [-0.25, -0.2) is 4.98 Å². The lowest BCUT2D eigenvalue weighted by Gasteiger charge is -2.33. The van der Waals surface area contributed by atoms with Crippen LogP contribution in [-0.2, 0) is 11.8 Å². The van der Waals surface area contributed by atoms with Crippen LogP contribution in [0.15, 0.2) is 36.4 Å². The summed E-state index contributed by atoms with van der Waals surface area (Å²) in [5.41, 5.74) is -2.31. The zero-order valence-electron chi connectivity index (χ0n) is 15.9. The van der Waals surface area contributed by atoms with E-state index in [9.17, 15) is 17.6 Å². The van der Waals surface area contributed by atoms with Crippen molar-refractivity contribution in [2.45, 2.75) is 25.6 Å². The van der Waals surface area contributed by atoms with Crippen LogP contribution in [0.4, 0.5) is 17.6 Å². The molecule has 0 spiro atoms. The van der Waals surface area contributed by atoms with Crippen molar-refractivity contribution >= 4 is 27.3 Å². The van der Waals surface area contributed by atoms with Crippen LogP contribution in [0, 0.1) is 13.8 Å². The maximum absolute atomic E-state index is 14.9. The maximum atomic E-state index is 14.9. The predicted molar refractivity (Wildman–Crippen MR) is 87.5 cm³/mol. The second kappa shape index (κ2) is 4.12. The Morgan fingerprint density at radius 1 is 1.00 bits per heavy atom. The Labute approximate surface area is 143 Å². The molecule has 0 atom stereocenters. The van der Waals surface area contributed by atoms with Gasteiger partial charge in [-0.15, -0.1) is 0 Å². The third-order valence-electron chi connectivity index (χ3n) is 4.92. The molecule has 0 N–H and O–H groups in total. The van der Waals surface area contributed by atoms with E-state index in [1.54, 1.807) is 24.3 Å². The van der Waals surface area contributed by atoms with Gasteiger partial charge < -0.3 is 0 Å². The van der Waals surface area contributed by atoms with Gasteiger partial charge in [-0.1, -0.05) is 36.4 Å². The number of hydrogen-bond donors (Lipinski definition) is 0. The van der Waals surface area contributed by atoms with E-state index in [0.717, 1.165) is 16.5 Å². The predicted octanol–water partition coefficient (Wildman–Crippen LogP) is 5.45. The maximum Gasteiger partial charge on any atom is 0.356 e. The summed E-state index contributed by atoms with van der Waals surface area (Å²) in [5.74, 6) is -8.99. The molecule has 2 aromatic heterocycles. The molecule has 4 aromatic rings. The molecular formula is C19H12F4N2. The van der Waals surface area contributed by atoms with Gasteiger partial charge in [-0.2, -0.15) is 17.6 Å². The van der Waals surface area contributed by atoms with E-state index in [0.29, 0.717) is 10.8 Å². The number of benzene rings is 2. The Morgan fingerprint density at radius 2 is 1.72 bits per heavy atom. The van der Waals surface area contributed by atoms with Gasteiger partial charge in [0.1, 0.15) is 11.3 Å². The first-order valence-corrected chi connectivity index (χ1v) is 7.61. The molecule has 2 aromatic carbocycles. The summed E-state index contributed by atoms with van der Waals surface area (Å²) in [5, 5.41) is 0.831. The monoisotopic (exact) mass is 347 g/mol. The van der Waals surface area contributed by atoms with Crippen molar-refractivity contribution in [1.82, 2.24) is 9.38 Å². The lowest BCUT2D eigenvalue weighted by atomic mass is 9.89. The van der Waals surface area contributed by atoms with Crippen LogP contribution in [0.5, 0.6) is 0 Å².